The van der Waals surface area contributed by atoms with Gasteiger partial charge in [-0.3, -0.25) is 14.5 Å². The van der Waals surface area contributed by atoms with E-state index in [1.807, 2.05) is 23.7 Å². The van der Waals surface area contributed by atoms with Crippen LogP contribution < -0.4 is 9.64 Å². The maximum atomic E-state index is 10.8. The van der Waals surface area contributed by atoms with Crippen molar-refractivity contribution >= 4 is 5.69 Å². The van der Waals surface area contributed by atoms with E-state index in [1.54, 1.807) is 0 Å². The predicted octanol–water partition coefficient (Wildman–Crippen LogP) is 2.95. The van der Waals surface area contributed by atoms with Gasteiger partial charge in [-0.25, -0.2) is 0 Å². The Bertz CT molecular complexity index is 1080. The van der Waals surface area contributed by atoms with Gasteiger partial charge < -0.3 is 14.7 Å². The topological polar surface area (TPSA) is 57.0 Å². The third-order valence-electron chi connectivity index (χ3n) is 7.24. The maximum Gasteiger partial charge on any atom is 0.119 e. The Morgan fingerprint density at radius 1 is 0.943 bits per heavy atom. The molecule has 0 radical (unpaired) electrons. The summed E-state index contributed by atoms with van der Waals surface area (Å²) in [7, 11) is 0. The number of likely N-dealkylation sites (tertiary alicyclic amines) is 1. The van der Waals surface area contributed by atoms with E-state index in [0.29, 0.717) is 6.61 Å². The third-order valence-corrected chi connectivity index (χ3v) is 7.24. The lowest BCUT2D eigenvalue weighted by molar-refractivity contribution is 0.0791. The summed E-state index contributed by atoms with van der Waals surface area (Å²) in [5.41, 5.74) is 4.73. The number of aliphatic hydroxyl groups excluding tert-OH is 1. The number of benzene rings is 2. The summed E-state index contributed by atoms with van der Waals surface area (Å²) in [6, 6.07) is 21.3. The number of nitrogens with zero attached hydrogens (tertiary/aromatic N) is 5. The summed E-state index contributed by atoms with van der Waals surface area (Å²) in [4.78, 5) is 7.29. The van der Waals surface area contributed by atoms with Crippen LogP contribution in [0.4, 0.5) is 5.69 Å². The first kappa shape index (κ1) is 23.9. The SMILES string of the molecule is Cc1cc(C)n(CCOc2ccc(CN3C[C@H](O)[C@@H](N4CCN(c5ccccc5)CC4)C3)cc2)n1. The predicted molar refractivity (Wildman–Crippen MR) is 139 cm³/mol. The van der Waals surface area contributed by atoms with E-state index in [0.717, 1.165) is 69.5 Å². The number of para-hydroxylation sites is 1. The summed E-state index contributed by atoms with van der Waals surface area (Å²) in [6.07, 6.45) is -0.296. The number of piperazine rings is 1. The van der Waals surface area contributed by atoms with Crippen molar-refractivity contribution in [1.82, 2.24) is 19.6 Å². The van der Waals surface area contributed by atoms with Crippen molar-refractivity contribution in [3.8, 4) is 5.75 Å². The Hall–Kier alpha value is -2.87. The Labute approximate surface area is 208 Å². The van der Waals surface area contributed by atoms with Gasteiger partial charge in [-0.2, -0.15) is 5.10 Å². The molecule has 2 atom stereocenters. The summed E-state index contributed by atoms with van der Waals surface area (Å²) in [5.74, 6) is 0.880. The summed E-state index contributed by atoms with van der Waals surface area (Å²) in [5, 5.41) is 15.3. The lowest BCUT2D eigenvalue weighted by atomic mass is 10.1. The number of aliphatic hydroxyl groups is 1. The summed E-state index contributed by atoms with van der Waals surface area (Å²) in [6.45, 7) is 11.9. The molecule has 5 rings (SSSR count). The molecule has 186 valence electrons. The number of hydrogen-bond acceptors (Lipinski definition) is 6. The van der Waals surface area contributed by atoms with Crippen molar-refractivity contribution in [2.24, 2.45) is 0 Å². The average Bonchev–Trinajstić information content (AvgIpc) is 3.40. The molecule has 2 aliphatic heterocycles. The van der Waals surface area contributed by atoms with Crippen LogP contribution in [0.2, 0.25) is 0 Å². The number of anilines is 1. The van der Waals surface area contributed by atoms with Gasteiger partial charge in [-0.05, 0) is 49.7 Å². The fraction of sp³-hybridized carbons (Fsp3) is 0.464. The van der Waals surface area contributed by atoms with Gasteiger partial charge in [0.2, 0.25) is 0 Å². The molecule has 35 heavy (non-hydrogen) atoms. The second-order valence-corrected chi connectivity index (χ2v) is 9.83. The van der Waals surface area contributed by atoms with Crippen LogP contribution in [0.25, 0.3) is 0 Å². The van der Waals surface area contributed by atoms with E-state index >= 15 is 0 Å². The van der Waals surface area contributed by atoms with Crippen molar-refractivity contribution in [2.45, 2.75) is 39.1 Å². The van der Waals surface area contributed by atoms with Crippen LogP contribution in [0, 0.1) is 13.8 Å². The molecule has 0 saturated carbocycles. The van der Waals surface area contributed by atoms with Crippen LogP contribution in [-0.4, -0.2) is 82.7 Å². The van der Waals surface area contributed by atoms with Crippen molar-refractivity contribution in [3.63, 3.8) is 0 Å². The number of β-amino-alcohol motifs (C(OH)–C–C–N with tert-alkyl or cyclic N) is 1. The molecule has 1 N–H and O–H groups in total. The summed E-state index contributed by atoms with van der Waals surface area (Å²) < 4.78 is 7.91. The molecule has 2 fully saturated rings. The van der Waals surface area contributed by atoms with Gasteiger partial charge in [0.15, 0.2) is 0 Å². The van der Waals surface area contributed by atoms with E-state index in [4.69, 9.17) is 4.74 Å². The van der Waals surface area contributed by atoms with Gasteiger partial charge in [0.25, 0.3) is 0 Å². The fourth-order valence-electron chi connectivity index (χ4n) is 5.39. The highest BCUT2D eigenvalue weighted by Gasteiger charge is 2.36. The van der Waals surface area contributed by atoms with Gasteiger partial charge in [-0.15, -0.1) is 0 Å². The molecule has 2 aliphatic rings. The van der Waals surface area contributed by atoms with E-state index in [-0.39, 0.29) is 12.1 Å². The Kier molecular flexibility index (Phi) is 7.37. The molecule has 3 aromatic rings. The minimum atomic E-state index is -0.296. The van der Waals surface area contributed by atoms with Crippen LogP contribution in [0.1, 0.15) is 17.0 Å². The van der Waals surface area contributed by atoms with Crippen molar-refractivity contribution in [3.05, 3.63) is 77.6 Å². The minimum Gasteiger partial charge on any atom is -0.492 e. The van der Waals surface area contributed by atoms with Gasteiger partial charge in [0.05, 0.1) is 18.3 Å². The normalized spacial score (nSPS) is 21.5. The third kappa shape index (κ3) is 5.86. The first-order valence-corrected chi connectivity index (χ1v) is 12.7. The second-order valence-electron chi connectivity index (χ2n) is 9.83. The van der Waals surface area contributed by atoms with E-state index in [2.05, 4.69) is 75.3 Å². The molecule has 0 aliphatic carbocycles. The van der Waals surface area contributed by atoms with Crippen LogP contribution in [0.3, 0.4) is 0 Å². The summed E-state index contributed by atoms with van der Waals surface area (Å²) >= 11 is 0. The number of hydrogen-bond donors (Lipinski definition) is 1. The lowest BCUT2D eigenvalue weighted by Crippen LogP contribution is -2.53. The molecule has 7 heteroatoms. The standard InChI is InChI=1S/C28H37N5O2/c1-22-18-23(2)33(29-22)16-17-35-26-10-8-24(9-11-26)19-30-20-27(28(34)21-30)32-14-12-31(13-15-32)25-6-4-3-5-7-25/h3-11,18,27-28,34H,12-17,19-21H2,1-2H3/t27-,28-/m0/s1. The van der Waals surface area contributed by atoms with Gasteiger partial charge in [0.1, 0.15) is 12.4 Å². The van der Waals surface area contributed by atoms with Crippen LogP contribution in [0.15, 0.2) is 60.7 Å². The highest BCUT2D eigenvalue weighted by molar-refractivity contribution is 5.46. The van der Waals surface area contributed by atoms with Gasteiger partial charge in [-0.1, -0.05) is 30.3 Å². The molecule has 0 spiro atoms. The minimum absolute atomic E-state index is 0.213. The molecule has 7 nitrogen and oxygen atoms in total. The van der Waals surface area contributed by atoms with Crippen LogP contribution >= 0.6 is 0 Å². The molecule has 0 amide bonds. The molecule has 0 unspecified atom stereocenters. The Morgan fingerprint density at radius 2 is 1.69 bits per heavy atom. The second kappa shape index (κ2) is 10.8. The molecule has 2 aromatic carbocycles. The van der Waals surface area contributed by atoms with Crippen molar-refractivity contribution < 1.29 is 9.84 Å². The Balaban J connectivity index is 1.07. The molecule has 3 heterocycles. The largest absolute Gasteiger partial charge is 0.492 e. The first-order chi connectivity index (χ1) is 17.0. The van der Waals surface area contributed by atoms with Gasteiger partial charge >= 0.3 is 0 Å². The molecule has 0 bridgehead atoms. The number of ether oxygens (including phenoxy) is 1. The monoisotopic (exact) mass is 475 g/mol. The quantitative estimate of drug-likeness (QED) is 0.541. The number of aryl methyl sites for hydroxylation is 2. The molecule has 2 saturated heterocycles. The highest BCUT2D eigenvalue weighted by atomic mass is 16.5. The molecule has 1 aromatic heterocycles. The Morgan fingerprint density at radius 3 is 2.37 bits per heavy atom. The smallest absolute Gasteiger partial charge is 0.119 e. The highest BCUT2D eigenvalue weighted by Crippen LogP contribution is 2.23. The van der Waals surface area contributed by atoms with E-state index in [1.165, 1.54) is 11.3 Å². The van der Waals surface area contributed by atoms with Gasteiger partial charge in [0, 0.05) is 63.2 Å². The van der Waals surface area contributed by atoms with Crippen molar-refractivity contribution in [1.29, 1.82) is 0 Å². The zero-order valence-electron chi connectivity index (χ0n) is 20.9. The molecular formula is C28H37N5O2. The van der Waals surface area contributed by atoms with Crippen LogP contribution in [-0.2, 0) is 13.1 Å². The number of aromatic nitrogens is 2. The zero-order valence-corrected chi connectivity index (χ0v) is 20.9. The van der Waals surface area contributed by atoms with Crippen LogP contribution in [0.5, 0.6) is 5.75 Å². The van der Waals surface area contributed by atoms with Crippen molar-refractivity contribution in [2.75, 3.05) is 50.8 Å². The number of rotatable bonds is 8. The molecular weight excluding hydrogens is 438 g/mol. The fourth-order valence-corrected chi connectivity index (χ4v) is 5.39. The zero-order chi connectivity index (χ0) is 24.2. The lowest BCUT2D eigenvalue weighted by Gasteiger charge is -2.39. The first-order valence-electron chi connectivity index (χ1n) is 12.7. The van der Waals surface area contributed by atoms with E-state index < -0.39 is 0 Å². The van der Waals surface area contributed by atoms with E-state index in [9.17, 15) is 5.11 Å². The average molecular weight is 476 g/mol. The maximum absolute atomic E-state index is 10.8.